The van der Waals surface area contributed by atoms with Crippen molar-refractivity contribution in [1.82, 2.24) is 15.0 Å². The highest BCUT2D eigenvalue weighted by molar-refractivity contribution is 5.38. The maximum absolute atomic E-state index is 5.12. The van der Waals surface area contributed by atoms with Gasteiger partial charge in [0.15, 0.2) is 0 Å². The minimum atomic E-state index is 0.352. The van der Waals surface area contributed by atoms with Crippen LogP contribution in [0.4, 0.5) is 11.9 Å². The van der Waals surface area contributed by atoms with E-state index in [-0.39, 0.29) is 0 Å². The maximum atomic E-state index is 5.12. The van der Waals surface area contributed by atoms with E-state index in [1.54, 1.807) is 14.2 Å². The Bertz CT molecular complexity index is 395. The molecule has 6 heteroatoms. The summed E-state index contributed by atoms with van der Waals surface area (Å²) < 4.78 is 5.12. The molecule has 2 rings (SSSR count). The molecule has 1 aliphatic carbocycles. The van der Waals surface area contributed by atoms with Gasteiger partial charge in [0.2, 0.25) is 11.9 Å². The Morgan fingerprint density at radius 1 is 1.16 bits per heavy atom. The molecule has 0 bridgehead atoms. The molecule has 0 aromatic carbocycles. The molecule has 0 unspecified atom stereocenters. The van der Waals surface area contributed by atoms with Crippen molar-refractivity contribution in [1.29, 1.82) is 0 Å². The van der Waals surface area contributed by atoms with E-state index in [4.69, 9.17) is 4.74 Å². The third-order valence-corrected chi connectivity index (χ3v) is 3.86. The van der Waals surface area contributed by atoms with Crippen LogP contribution in [0.1, 0.15) is 32.6 Å². The Kier molecular flexibility index (Phi) is 4.39. The van der Waals surface area contributed by atoms with Crippen LogP contribution in [0.15, 0.2) is 0 Å². The van der Waals surface area contributed by atoms with Gasteiger partial charge in [-0.1, -0.05) is 6.92 Å². The Labute approximate surface area is 114 Å². The molecule has 1 N–H and O–H groups in total. The highest BCUT2D eigenvalue weighted by atomic mass is 16.5. The normalized spacial score (nSPS) is 22.9. The van der Waals surface area contributed by atoms with Crippen molar-refractivity contribution in [2.24, 2.45) is 5.92 Å². The molecule has 0 amide bonds. The molecule has 0 spiro atoms. The Balaban J connectivity index is 2.15. The lowest BCUT2D eigenvalue weighted by molar-refractivity contribution is 0.337. The minimum absolute atomic E-state index is 0.352. The van der Waals surface area contributed by atoms with Gasteiger partial charge in [0.25, 0.3) is 0 Å². The van der Waals surface area contributed by atoms with Gasteiger partial charge in [-0.3, -0.25) is 0 Å². The molecule has 19 heavy (non-hydrogen) atoms. The van der Waals surface area contributed by atoms with E-state index in [1.165, 1.54) is 25.7 Å². The predicted octanol–water partition coefficient (Wildman–Crippen LogP) is 1.94. The largest absolute Gasteiger partial charge is 0.467 e. The molecular formula is C13H23N5O. The molecule has 6 nitrogen and oxygen atoms in total. The lowest BCUT2D eigenvalue weighted by Gasteiger charge is -2.33. The summed E-state index contributed by atoms with van der Waals surface area (Å²) in [5, 5.41) is 2.94. The molecule has 1 aromatic heterocycles. The van der Waals surface area contributed by atoms with Crippen molar-refractivity contribution in [3.8, 4) is 6.01 Å². The summed E-state index contributed by atoms with van der Waals surface area (Å²) in [4.78, 5) is 15.0. The van der Waals surface area contributed by atoms with Crippen LogP contribution in [0.2, 0.25) is 0 Å². The first kappa shape index (κ1) is 13.8. The number of hydrogen-bond acceptors (Lipinski definition) is 6. The number of rotatable bonds is 4. The zero-order chi connectivity index (χ0) is 13.8. The van der Waals surface area contributed by atoms with Crippen LogP contribution in [0.25, 0.3) is 0 Å². The van der Waals surface area contributed by atoms with Crippen molar-refractivity contribution in [2.75, 3.05) is 31.4 Å². The second-order valence-corrected chi connectivity index (χ2v) is 5.22. The first-order valence-electron chi connectivity index (χ1n) is 6.84. The number of aromatic nitrogens is 3. The molecule has 1 saturated carbocycles. The summed E-state index contributed by atoms with van der Waals surface area (Å²) in [6.07, 6.45) is 4.94. The molecule has 106 valence electrons. The number of anilines is 2. The van der Waals surface area contributed by atoms with Crippen LogP contribution in [0.5, 0.6) is 6.01 Å². The average molecular weight is 265 g/mol. The van der Waals surface area contributed by atoms with Crippen LogP contribution in [0.3, 0.4) is 0 Å². The summed E-state index contributed by atoms with van der Waals surface area (Å²) in [5.41, 5.74) is 0. The number of nitrogens with zero attached hydrogens (tertiary/aromatic N) is 4. The molecule has 1 aliphatic rings. The van der Waals surface area contributed by atoms with E-state index in [0.717, 1.165) is 5.92 Å². The van der Waals surface area contributed by atoms with Gasteiger partial charge < -0.3 is 15.0 Å². The van der Waals surface area contributed by atoms with Crippen LogP contribution < -0.4 is 15.0 Å². The van der Waals surface area contributed by atoms with Crippen molar-refractivity contribution < 1.29 is 4.74 Å². The molecule has 1 heterocycles. The van der Waals surface area contributed by atoms with Gasteiger partial charge >= 0.3 is 6.01 Å². The Morgan fingerprint density at radius 3 is 2.42 bits per heavy atom. The third kappa shape index (κ3) is 3.24. The molecule has 1 aromatic rings. The van der Waals surface area contributed by atoms with Gasteiger partial charge in [-0.25, -0.2) is 0 Å². The number of ether oxygens (including phenoxy) is 1. The van der Waals surface area contributed by atoms with Crippen LogP contribution in [0, 0.1) is 5.92 Å². The summed E-state index contributed by atoms with van der Waals surface area (Å²) in [6, 6.07) is 0.860. The topological polar surface area (TPSA) is 63.2 Å². The lowest BCUT2D eigenvalue weighted by atomic mass is 9.87. The average Bonchev–Trinajstić information content (AvgIpc) is 2.46. The SMILES string of the molecule is CNc1nc(OC)nc(N(C)C2CCC(C)CC2)n1. The van der Waals surface area contributed by atoms with E-state index < -0.39 is 0 Å². The van der Waals surface area contributed by atoms with Crippen LogP contribution in [-0.4, -0.2) is 42.2 Å². The van der Waals surface area contributed by atoms with Crippen LogP contribution >= 0.6 is 0 Å². The fourth-order valence-electron chi connectivity index (χ4n) is 2.50. The molecule has 1 fully saturated rings. The van der Waals surface area contributed by atoms with Gasteiger partial charge in [-0.15, -0.1) is 0 Å². The molecule has 0 aliphatic heterocycles. The van der Waals surface area contributed by atoms with Gasteiger partial charge in [-0.2, -0.15) is 15.0 Å². The summed E-state index contributed by atoms with van der Waals surface area (Å²) >= 11 is 0. The van der Waals surface area contributed by atoms with Crippen LogP contribution in [-0.2, 0) is 0 Å². The summed E-state index contributed by atoms with van der Waals surface area (Å²) in [6.45, 7) is 2.32. The van der Waals surface area contributed by atoms with Crippen molar-refractivity contribution in [3.63, 3.8) is 0 Å². The molecular weight excluding hydrogens is 242 g/mol. The highest BCUT2D eigenvalue weighted by Crippen LogP contribution is 2.28. The van der Waals surface area contributed by atoms with Crippen molar-refractivity contribution in [3.05, 3.63) is 0 Å². The molecule has 0 saturated heterocycles. The standard InChI is InChI=1S/C13H23N5O/c1-9-5-7-10(8-6-9)18(3)12-15-11(14-2)16-13(17-12)19-4/h9-10H,5-8H2,1-4H3,(H,14,15,16,17). The van der Waals surface area contributed by atoms with Crippen molar-refractivity contribution in [2.45, 2.75) is 38.6 Å². The van der Waals surface area contributed by atoms with Gasteiger partial charge in [0.05, 0.1) is 7.11 Å². The number of methoxy groups -OCH3 is 1. The van der Waals surface area contributed by atoms with E-state index in [1.807, 2.05) is 0 Å². The van der Waals surface area contributed by atoms with Gasteiger partial charge in [0, 0.05) is 20.1 Å². The van der Waals surface area contributed by atoms with E-state index >= 15 is 0 Å². The van der Waals surface area contributed by atoms with E-state index in [2.05, 4.69) is 39.1 Å². The Morgan fingerprint density at radius 2 is 1.84 bits per heavy atom. The first-order chi connectivity index (χ1) is 9.13. The fourth-order valence-corrected chi connectivity index (χ4v) is 2.50. The second kappa shape index (κ2) is 6.04. The number of nitrogens with one attached hydrogen (secondary N) is 1. The minimum Gasteiger partial charge on any atom is -0.467 e. The lowest BCUT2D eigenvalue weighted by Crippen LogP contribution is -2.36. The zero-order valence-electron chi connectivity index (χ0n) is 12.2. The van der Waals surface area contributed by atoms with Crippen molar-refractivity contribution >= 4 is 11.9 Å². The quantitative estimate of drug-likeness (QED) is 0.897. The maximum Gasteiger partial charge on any atom is 0.322 e. The molecule has 0 radical (unpaired) electrons. The second-order valence-electron chi connectivity index (χ2n) is 5.22. The molecule has 0 atom stereocenters. The summed E-state index contributed by atoms with van der Waals surface area (Å²) in [7, 11) is 5.41. The fraction of sp³-hybridized carbons (Fsp3) is 0.769. The van der Waals surface area contributed by atoms with Gasteiger partial charge in [-0.05, 0) is 31.6 Å². The monoisotopic (exact) mass is 265 g/mol. The van der Waals surface area contributed by atoms with E-state index in [9.17, 15) is 0 Å². The smallest absolute Gasteiger partial charge is 0.322 e. The zero-order valence-corrected chi connectivity index (χ0v) is 12.2. The van der Waals surface area contributed by atoms with E-state index in [0.29, 0.717) is 23.9 Å². The predicted molar refractivity (Wildman–Crippen MR) is 75.7 cm³/mol. The summed E-state index contributed by atoms with van der Waals surface area (Å²) in [5.74, 6) is 2.05. The highest BCUT2D eigenvalue weighted by Gasteiger charge is 2.24. The Hall–Kier alpha value is -1.59. The number of hydrogen-bond donors (Lipinski definition) is 1. The third-order valence-electron chi connectivity index (χ3n) is 3.86. The van der Waals surface area contributed by atoms with Gasteiger partial charge in [0.1, 0.15) is 0 Å². The first-order valence-corrected chi connectivity index (χ1v) is 6.84.